The summed E-state index contributed by atoms with van der Waals surface area (Å²) in [4.78, 5) is 0. The van der Waals surface area contributed by atoms with Gasteiger partial charge in [-0.05, 0) is 12.7 Å². The molecule has 74 valence electrons. The zero-order valence-corrected chi connectivity index (χ0v) is 11.5. The average molecular weight is 261 g/mol. The van der Waals surface area contributed by atoms with Gasteiger partial charge >= 0.3 is 0 Å². The van der Waals surface area contributed by atoms with Gasteiger partial charge in [0.05, 0.1) is 4.08 Å². The largest absolute Gasteiger partial charge is 0.179 e. The van der Waals surface area contributed by atoms with Gasteiger partial charge in [0.15, 0.2) is 0 Å². The Morgan fingerprint density at radius 2 is 1.67 bits per heavy atom. The second-order valence-electron chi connectivity index (χ2n) is 2.61. The van der Waals surface area contributed by atoms with E-state index < -0.39 is 0 Å². The van der Waals surface area contributed by atoms with Gasteiger partial charge in [-0.15, -0.1) is 0 Å². The summed E-state index contributed by atoms with van der Waals surface area (Å²) in [7, 11) is 0. The Kier molecular flexibility index (Phi) is 9.27. The maximum Gasteiger partial charge on any atom is 0.0613 e. The van der Waals surface area contributed by atoms with Crippen LogP contribution in [0.25, 0.3) is 0 Å². The molecule has 12 heavy (non-hydrogen) atoms. The maximum atomic E-state index is 4.32. The highest BCUT2D eigenvalue weighted by atomic mass is 32.2. The van der Waals surface area contributed by atoms with Gasteiger partial charge in [-0.3, -0.25) is 0 Å². The van der Waals surface area contributed by atoms with Crippen molar-refractivity contribution in [2.45, 2.75) is 11.0 Å². The minimum atomic E-state index is -0.126. The Labute approximate surface area is 101 Å². The first-order valence-electron chi connectivity index (χ1n) is 3.77. The van der Waals surface area contributed by atoms with E-state index in [1.165, 1.54) is 11.5 Å². The summed E-state index contributed by atoms with van der Waals surface area (Å²) in [5.41, 5.74) is 0. The molecule has 0 aromatic heterocycles. The Bertz CT molecular complexity index is 98.5. The average Bonchev–Trinajstić information content (AvgIpc) is 1.94. The SMILES string of the molecule is CC(S)(S)CSCCSCCS. The van der Waals surface area contributed by atoms with E-state index in [1.54, 1.807) is 0 Å². The number of hydrogen-bond acceptors (Lipinski definition) is 5. The molecule has 0 aromatic carbocycles. The van der Waals surface area contributed by atoms with E-state index in [1.807, 2.05) is 30.4 Å². The van der Waals surface area contributed by atoms with Gasteiger partial charge in [-0.1, -0.05) is 0 Å². The van der Waals surface area contributed by atoms with Gasteiger partial charge in [-0.25, -0.2) is 0 Å². The third-order valence-corrected chi connectivity index (χ3v) is 4.77. The zero-order valence-electron chi connectivity index (χ0n) is 7.19. The highest BCUT2D eigenvalue weighted by Crippen LogP contribution is 2.24. The van der Waals surface area contributed by atoms with E-state index in [4.69, 9.17) is 0 Å². The predicted octanol–water partition coefficient (Wildman–Crippen LogP) is 2.96. The summed E-state index contributed by atoms with van der Waals surface area (Å²) in [5, 5.41) is 0. The number of hydrogen-bond donors (Lipinski definition) is 3. The van der Waals surface area contributed by atoms with Crippen LogP contribution in [-0.4, -0.2) is 32.8 Å². The summed E-state index contributed by atoms with van der Waals surface area (Å²) in [6.45, 7) is 2.02. The molecule has 0 amide bonds. The third-order valence-electron chi connectivity index (χ3n) is 0.983. The molecule has 0 nitrogen and oxygen atoms in total. The summed E-state index contributed by atoms with van der Waals surface area (Å²) in [6, 6.07) is 0. The monoisotopic (exact) mass is 260 g/mol. The topological polar surface area (TPSA) is 0 Å². The van der Waals surface area contributed by atoms with Crippen molar-refractivity contribution in [3.63, 3.8) is 0 Å². The van der Waals surface area contributed by atoms with Crippen molar-refractivity contribution in [2.24, 2.45) is 0 Å². The van der Waals surface area contributed by atoms with Gasteiger partial charge in [0, 0.05) is 23.0 Å². The lowest BCUT2D eigenvalue weighted by molar-refractivity contribution is 1.07. The smallest absolute Gasteiger partial charge is 0.0613 e. The normalized spacial score (nSPS) is 12.0. The highest BCUT2D eigenvalue weighted by molar-refractivity contribution is 8.06. The molecule has 0 aliphatic rings. The van der Waals surface area contributed by atoms with Crippen LogP contribution in [0.2, 0.25) is 0 Å². The number of rotatable bonds is 7. The number of thiol groups is 3. The first-order chi connectivity index (χ1) is 5.56. The van der Waals surface area contributed by atoms with Crippen molar-refractivity contribution in [1.82, 2.24) is 0 Å². The van der Waals surface area contributed by atoms with E-state index in [2.05, 4.69) is 37.9 Å². The molecule has 0 aliphatic heterocycles. The lowest BCUT2D eigenvalue weighted by Gasteiger charge is -2.14. The molecule has 0 spiro atoms. The lowest BCUT2D eigenvalue weighted by atomic mass is 10.5. The van der Waals surface area contributed by atoms with Crippen LogP contribution < -0.4 is 0 Å². The lowest BCUT2D eigenvalue weighted by Crippen LogP contribution is -2.10. The minimum Gasteiger partial charge on any atom is -0.179 e. The third kappa shape index (κ3) is 11.8. The first kappa shape index (κ1) is 13.8. The Morgan fingerprint density at radius 1 is 1.08 bits per heavy atom. The van der Waals surface area contributed by atoms with Crippen molar-refractivity contribution < 1.29 is 0 Å². The molecule has 0 saturated carbocycles. The van der Waals surface area contributed by atoms with Crippen LogP contribution in [0, 0.1) is 0 Å². The van der Waals surface area contributed by atoms with Gasteiger partial charge in [0.2, 0.25) is 0 Å². The number of thioether (sulfide) groups is 2. The quantitative estimate of drug-likeness (QED) is 0.366. The molecular formula is C7H16S5. The molecule has 0 unspecified atom stereocenters. The minimum absolute atomic E-state index is 0.126. The van der Waals surface area contributed by atoms with Crippen LogP contribution in [0.3, 0.4) is 0 Å². The molecule has 0 saturated heterocycles. The van der Waals surface area contributed by atoms with Gasteiger partial charge in [0.1, 0.15) is 0 Å². The molecule has 0 radical (unpaired) electrons. The Morgan fingerprint density at radius 3 is 2.17 bits per heavy atom. The predicted molar refractivity (Wildman–Crippen MR) is 74.9 cm³/mol. The zero-order chi connectivity index (χ0) is 9.45. The van der Waals surface area contributed by atoms with Crippen LogP contribution >= 0.6 is 61.4 Å². The molecular weight excluding hydrogens is 244 g/mol. The van der Waals surface area contributed by atoms with Crippen molar-refractivity contribution in [3.05, 3.63) is 0 Å². The van der Waals surface area contributed by atoms with Crippen molar-refractivity contribution in [2.75, 3.05) is 28.8 Å². The van der Waals surface area contributed by atoms with Gasteiger partial charge in [0.25, 0.3) is 0 Å². The van der Waals surface area contributed by atoms with E-state index in [0.29, 0.717) is 0 Å². The van der Waals surface area contributed by atoms with Crippen molar-refractivity contribution in [3.8, 4) is 0 Å². The standard InChI is InChI=1S/C7H16S5/c1-7(9,10)6-12-5-4-11-3-2-8/h8-10H,2-6H2,1H3. The van der Waals surface area contributed by atoms with E-state index >= 15 is 0 Å². The summed E-state index contributed by atoms with van der Waals surface area (Å²) in [5.74, 6) is 5.54. The molecule has 5 heteroatoms. The molecule has 0 fully saturated rings. The van der Waals surface area contributed by atoms with E-state index in [-0.39, 0.29) is 4.08 Å². The van der Waals surface area contributed by atoms with Crippen LogP contribution in [0.4, 0.5) is 0 Å². The molecule has 0 aliphatic carbocycles. The highest BCUT2D eigenvalue weighted by Gasteiger charge is 2.11. The fourth-order valence-electron chi connectivity index (χ4n) is 0.550. The van der Waals surface area contributed by atoms with Crippen LogP contribution in [-0.2, 0) is 0 Å². The van der Waals surface area contributed by atoms with Crippen molar-refractivity contribution >= 4 is 61.4 Å². The Balaban J connectivity index is 3.01. The molecule has 0 aromatic rings. The Hall–Kier alpha value is 1.75. The molecule has 0 atom stereocenters. The summed E-state index contributed by atoms with van der Waals surface area (Å²) >= 11 is 16.7. The second-order valence-corrected chi connectivity index (χ2v) is 7.71. The second kappa shape index (κ2) is 8.09. The van der Waals surface area contributed by atoms with E-state index in [0.717, 1.165) is 17.3 Å². The molecule has 0 rings (SSSR count). The van der Waals surface area contributed by atoms with Crippen LogP contribution in [0.1, 0.15) is 6.92 Å². The first-order valence-corrected chi connectivity index (χ1v) is 7.61. The molecule has 0 bridgehead atoms. The van der Waals surface area contributed by atoms with Crippen LogP contribution in [0.15, 0.2) is 0 Å². The fourth-order valence-corrected chi connectivity index (χ4v) is 3.29. The van der Waals surface area contributed by atoms with Gasteiger partial charge < -0.3 is 0 Å². The fraction of sp³-hybridized carbons (Fsp3) is 1.00. The van der Waals surface area contributed by atoms with Crippen molar-refractivity contribution in [1.29, 1.82) is 0 Å². The summed E-state index contributed by atoms with van der Waals surface area (Å²) in [6.07, 6.45) is 0. The van der Waals surface area contributed by atoms with E-state index in [9.17, 15) is 0 Å². The molecule has 0 N–H and O–H groups in total. The maximum absolute atomic E-state index is 4.32. The molecule has 0 heterocycles. The summed E-state index contributed by atoms with van der Waals surface area (Å²) < 4.78 is -0.126. The van der Waals surface area contributed by atoms with Gasteiger partial charge in [-0.2, -0.15) is 61.4 Å². The van der Waals surface area contributed by atoms with Crippen LogP contribution in [0.5, 0.6) is 0 Å².